The van der Waals surface area contributed by atoms with Crippen LogP contribution in [-0.2, 0) is 9.59 Å². The molecule has 0 aliphatic carbocycles. The Hall–Kier alpha value is -1.10. The van der Waals surface area contributed by atoms with Crippen molar-refractivity contribution in [2.75, 3.05) is 13.1 Å². The van der Waals surface area contributed by atoms with E-state index in [0.717, 1.165) is 38.6 Å². The third kappa shape index (κ3) is 2.23. The third-order valence-corrected chi connectivity index (χ3v) is 4.31. The molecule has 2 unspecified atom stereocenters. The minimum Gasteiger partial charge on any atom is -0.480 e. The first-order chi connectivity index (χ1) is 8.60. The van der Waals surface area contributed by atoms with Crippen LogP contribution in [-0.4, -0.2) is 46.6 Å². The van der Waals surface area contributed by atoms with Crippen LogP contribution in [0, 0.1) is 0 Å². The van der Waals surface area contributed by atoms with Gasteiger partial charge in [0.05, 0.1) is 5.54 Å². The summed E-state index contributed by atoms with van der Waals surface area (Å²) in [5.74, 6) is -0.873. The minimum atomic E-state index is -0.868. The van der Waals surface area contributed by atoms with Crippen LogP contribution >= 0.6 is 0 Å². The van der Waals surface area contributed by atoms with Gasteiger partial charge in [-0.2, -0.15) is 0 Å². The molecule has 2 N–H and O–H groups in total. The number of nitrogens with zero attached hydrogens (tertiary/aromatic N) is 1. The normalized spacial score (nSPS) is 32.5. The number of carboxylic acids is 1. The number of piperidine rings is 1. The van der Waals surface area contributed by atoms with Gasteiger partial charge in [0.15, 0.2) is 0 Å². The molecule has 0 bridgehead atoms. The topological polar surface area (TPSA) is 69.6 Å². The lowest BCUT2D eigenvalue weighted by Gasteiger charge is -2.39. The molecule has 0 radical (unpaired) electrons. The lowest BCUT2D eigenvalue weighted by atomic mass is 9.90. The Morgan fingerprint density at radius 2 is 2.17 bits per heavy atom. The van der Waals surface area contributed by atoms with E-state index < -0.39 is 17.6 Å². The lowest BCUT2D eigenvalue weighted by molar-refractivity contribution is -0.155. The van der Waals surface area contributed by atoms with Gasteiger partial charge in [-0.3, -0.25) is 4.79 Å². The Morgan fingerprint density at radius 1 is 1.39 bits per heavy atom. The van der Waals surface area contributed by atoms with Crippen LogP contribution in [0.5, 0.6) is 0 Å². The fourth-order valence-electron chi connectivity index (χ4n) is 3.15. The van der Waals surface area contributed by atoms with Gasteiger partial charge >= 0.3 is 5.97 Å². The number of nitrogens with one attached hydrogen (secondary N) is 1. The Balaban J connectivity index is 2.17. The Labute approximate surface area is 108 Å². The maximum absolute atomic E-state index is 12.7. The molecule has 2 atom stereocenters. The average molecular weight is 254 g/mol. The number of carbonyl (C=O) groups is 2. The number of carbonyl (C=O) groups excluding carboxylic acids is 1. The highest BCUT2D eigenvalue weighted by Crippen LogP contribution is 2.29. The molecule has 5 nitrogen and oxygen atoms in total. The van der Waals surface area contributed by atoms with Crippen molar-refractivity contribution in [3.05, 3.63) is 0 Å². The molecule has 2 saturated heterocycles. The maximum atomic E-state index is 12.7. The number of aliphatic carboxylic acids is 1. The lowest BCUT2D eigenvalue weighted by Crippen LogP contribution is -2.59. The van der Waals surface area contributed by atoms with Gasteiger partial charge in [0.2, 0.25) is 5.91 Å². The van der Waals surface area contributed by atoms with E-state index in [1.54, 1.807) is 4.90 Å². The molecular formula is C13H22N2O3. The summed E-state index contributed by atoms with van der Waals surface area (Å²) in [7, 11) is 0. The fraction of sp³-hybridized carbons (Fsp3) is 0.846. The van der Waals surface area contributed by atoms with Crippen molar-refractivity contribution < 1.29 is 14.7 Å². The molecule has 0 aromatic rings. The largest absolute Gasteiger partial charge is 0.480 e. The standard InChI is InChI=1S/C13H22N2O3/c1-2-13(7-5-8-14-13)12(18)15-9-4-3-6-10(15)11(16)17/h10,14H,2-9H2,1H3,(H,16,17). The number of rotatable bonds is 3. The maximum Gasteiger partial charge on any atom is 0.326 e. The van der Waals surface area contributed by atoms with E-state index in [1.807, 2.05) is 6.92 Å². The van der Waals surface area contributed by atoms with Crippen molar-refractivity contribution in [3.8, 4) is 0 Å². The number of carboxylic acid groups (broad SMARTS) is 1. The summed E-state index contributed by atoms with van der Waals surface area (Å²) >= 11 is 0. The Morgan fingerprint density at radius 3 is 2.72 bits per heavy atom. The molecule has 0 saturated carbocycles. The van der Waals surface area contributed by atoms with Gasteiger partial charge < -0.3 is 15.3 Å². The van der Waals surface area contributed by atoms with E-state index in [0.29, 0.717) is 13.0 Å². The van der Waals surface area contributed by atoms with Gasteiger partial charge in [-0.1, -0.05) is 6.92 Å². The summed E-state index contributed by atoms with van der Waals surface area (Å²) in [6.45, 7) is 3.43. The predicted octanol–water partition coefficient (Wildman–Crippen LogP) is 0.984. The van der Waals surface area contributed by atoms with Crippen LogP contribution in [0.25, 0.3) is 0 Å². The van der Waals surface area contributed by atoms with Gasteiger partial charge in [-0.25, -0.2) is 4.79 Å². The van der Waals surface area contributed by atoms with Gasteiger partial charge in [-0.05, 0) is 45.1 Å². The number of amides is 1. The summed E-state index contributed by atoms with van der Waals surface area (Å²) in [5.41, 5.74) is -0.509. The van der Waals surface area contributed by atoms with E-state index in [-0.39, 0.29) is 5.91 Å². The van der Waals surface area contributed by atoms with Crippen molar-refractivity contribution in [2.24, 2.45) is 0 Å². The first-order valence-electron chi connectivity index (χ1n) is 6.89. The zero-order chi connectivity index (χ0) is 13.2. The summed E-state index contributed by atoms with van der Waals surface area (Å²) in [4.78, 5) is 25.5. The molecule has 2 fully saturated rings. The van der Waals surface area contributed by atoms with Gasteiger partial charge in [0.25, 0.3) is 0 Å². The van der Waals surface area contributed by atoms with Gasteiger partial charge in [-0.15, -0.1) is 0 Å². The molecule has 2 aliphatic rings. The molecule has 0 aromatic heterocycles. The van der Waals surface area contributed by atoms with E-state index in [1.165, 1.54) is 0 Å². The second kappa shape index (κ2) is 5.26. The van der Waals surface area contributed by atoms with Crippen LogP contribution in [0.15, 0.2) is 0 Å². The summed E-state index contributed by atoms with van der Waals surface area (Å²) in [5, 5.41) is 12.5. The predicted molar refractivity (Wildman–Crippen MR) is 67.2 cm³/mol. The van der Waals surface area contributed by atoms with Gasteiger partial charge in [0.1, 0.15) is 6.04 Å². The van der Waals surface area contributed by atoms with Crippen LogP contribution in [0.2, 0.25) is 0 Å². The zero-order valence-corrected chi connectivity index (χ0v) is 10.9. The van der Waals surface area contributed by atoms with E-state index in [4.69, 9.17) is 0 Å². The smallest absolute Gasteiger partial charge is 0.326 e. The van der Waals surface area contributed by atoms with Crippen LogP contribution in [0.4, 0.5) is 0 Å². The monoisotopic (exact) mass is 254 g/mol. The van der Waals surface area contributed by atoms with Crippen molar-refractivity contribution in [3.63, 3.8) is 0 Å². The molecule has 18 heavy (non-hydrogen) atoms. The van der Waals surface area contributed by atoms with Gasteiger partial charge in [0, 0.05) is 6.54 Å². The molecule has 0 spiro atoms. The summed E-state index contributed by atoms with van der Waals surface area (Å²) in [6.07, 6.45) is 4.94. The molecule has 1 amide bonds. The van der Waals surface area contributed by atoms with E-state index >= 15 is 0 Å². The fourth-order valence-corrected chi connectivity index (χ4v) is 3.15. The van der Waals surface area contributed by atoms with E-state index in [9.17, 15) is 14.7 Å². The molecule has 5 heteroatoms. The molecule has 2 aliphatic heterocycles. The highest BCUT2D eigenvalue weighted by atomic mass is 16.4. The number of hydrogen-bond acceptors (Lipinski definition) is 3. The highest BCUT2D eigenvalue weighted by molar-refractivity contribution is 5.90. The summed E-state index contributed by atoms with van der Waals surface area (Å²) in [6, 6.07) is -0.628. The zero-order valence-electron chi connectivity index (χ0n) is 10.9. The molecule has 2 heterocycles. The second-order valence-electron chi connectivity index (χ2n) is 5.31. The van der Waals surface area contributed by atoms with E-state index in [2.05, 4.69) is 5.32 Å². The van der Waals surface area contributed by atoms with Crippen LogP contribution in [0.1, 0.15) is 45.4 Å². The first-order valence-corrected chi connectivity index (χ1v) is 6.89. The van der Waals surface area contributed by atoms with Crippen LogP contribution < -0.4 is 5.32 Å². The Bertz CT molecular complexity index is 337. The Kier molecular flexibility index (Phi) is 3.90. The molecule has 102 valence electrons. The third-order valence-electron chi connectivity index (χ3n) is 4.31. The second-order valence-corrected chi connectivity index (χ2v) is 5.31. The van der Waals surface area contributed by atoms with Crippen LogP contribution in [0.3, 0.4) is 0 Å². The average Bonchev–Trinajstić information content (AvgIpc) is 2.87. The quantitative estimate of drug-likeness (QED) is 0.788. The molecular weight excluding hydrogens is 232 g/mol. The van der Waals surface area contributed by atoms with Crippen molar-refractivity contribution in [1.29, 1.82) is 0 Å². The van der Waals surface area contributed by atoms with Crippen molar-refractivity contribution in [2.45, 2.75) is 57.0 Å². The minimum absolute atomic E-state index is 0.00500. The SMILES string of the molecule is CCC1(C(=O)N2CCCCC2C(=O)O)CCCN1. The number of hydrogen-bond donors (Lipinski definition) is 2. The van der Waals surface area contributed by atoms with Crippen molar-refractivity contribution in [1.82, 2.24) is 10.2 Å². The molecule has 2 rings (SSSR count). The number of likely N-dealkylation sites (tertiary alicyclic amines) is 1. The summed E-state index contributed by atoms with van der Waals surface area (Å²) < 4.78 is 0. The first kappa shape index (κ1) is 13.3. The molecule has 0 aromatic carbocycles. The van der Waals surface area contributed by atoms with Crippen molar-refractivity contribution >= 4 is 11.9 Å². The highest BCUT2D eigenvalue weighted by Gasteiger charge is 2.45.